The number of nitrogens with one attached hydrogen (secondary N) is 1. The van der Waals surface area contributed by atoms with Gasteiger partial charge in [-0.1, -0.05) is 41.4 Å². The van der Waals surface area contributed by atoms with Gasteiger partial charge in [0.1, 0.15) is 6.54 Å². The second kappa shape index (κ2) is 8.05. The number of hydrogen-bond acceptors (Lipinski definition) is 3. The number of anilines is 2. The molecule has 0 saturated heterocycles. The van der Waals surface area contributed by atoms with Crippen molar-refractivity contribution in [3.63, 3.8) is 0 Å². The summed E-state index contributed by atoms with van der Waals surface area (Å²) in [6.07, 6.45) is 0. The van der Waals surface area contributed by atoms with Crippen molar-refractivity contribution in [2.45, 2.75) is 0 Å². The van der Waals surface area contributed by atoms with Gasteiger partial charge < -0.3 is 5.32 Å². The Morgan fingerprint density at radius 3 is 2.32 bits per heavy atom. The Kier molecular flexibility index (Phi) is 6.29. The van der Waals surface area contributed by atoms with Crippen molar-refractivity contribution in [2.24, 2.45) is 0 Å². The van der Waals surface area contributed by atoms with Crippen molar-refractivity contribution in [2.75, 3.05) is 30.3 Å². The molecule has 0 aliphatic rings. The minimum absolute atomic E-state index is 0.305. The molecule has 0 heterocycles. The van der Waals surface area contributed by atoms with Crippen molar-refractivity contribution in [1.29, 1.82) is 0 Å². The van der Waals surface area contributed by atoms with E-state index in [-0.39, 0.29) is 0 Å². The zero-order valence-electron chi connectivity index (χ0n) is 13.6. The van der Waals surface area contributed by atoms with E-state index in [4.69, 9.17) is 23.2 Å². The smallest absolute Gasteiger partial charge is 0.304 e. The maximum Gasteiger partial charge on any atom is 0.304 e. The van der Waals surface area contributed by atoms with Gasteiger partial charge in [0.2, 0.25) is 5.91 Å². The highest BCUT2D eigenvalue weighted by molar-refractivity contribution is 7.90. The number of para-hydroxylation sites is 1. The standard InChI is InChI=1S/C16H17Cl2N3O3S/c1-20(2)25(23,24)21(13-6-4-3-5-7-13)11-16(22)19-15-10-12(17)8-9-14(15)18/h3-10H,11H2,1-2H3,(H,19,22). The summed E-state index contributed by atoms with van der Waals surface area (Å²) in [4.78, 5) is 12.4. The minimum Gasteiger partial charge on any atom is -0.323 e. The molecule has 0 spiro atoms. The van der Waals surface area contributed by atoms with Crippen LogP contribution in [0.15, 0.2) is 48.5 Å². The molecule has 25 heavy (non-hydrogen) atoms. The van der Waals surface area contributed by atoms with Crippen molar-refractivity contribution in [3.8, 4) is 0 Å². The normalized spacial score (nSPS) is 11.4. The average Bonchev–Trinajstić information content (AvgIpc) is 2.56. The third-order valence-corrected chi connectivity index (χ3v) is 5.66. The predicted molar refractivity (Wildman–Crippen MR) is 101 cm³/mol. The first-order valence-electron chi connectivity index (χ1n) is 7.22. The highest BCUT2D eigenvalue weighted by atomic mass is 35.5. The molecule has 0 radical (unpaired) electrons. The lowest BCUT2D eigenvalue weighted by Gasteiger charge is -2.26. The van der Waals surface area contributed by atoms with Gasteiger partial charge in [0.15, 0.2) is 0 Å². The van der Waals surface area contributed by atoms with E-state index in [2.05, 4.69) is 5.32 Å². The lowest BCUT2D eigenvalue weighted by Crippen LogP contribution is -2.44. The maximum atomic E-state index is 12.6. The number of nitrogens with zero attached hydrogens (tertiary/aromatic N) is 2. The van der Waals surface area contributed by atoms with Gasteiger partial charge in [-0.3, -0.25) is 4.79 Å². The molecule has 0 bridgehead atoms. The Morgan fingerprint density at radius 1 is 1.08 bits per heavy atom. The molecule has 2 rings (SSSR count). The Bertz CT molecular complexity index is 858. The first-order chi connectivity index (χ1) is 11.7. The summed E-state index contributed by atoms with van der Waals surface area (Å²) in [5.41, 5.74) is 0.693. The van der Waals surface area contributed by atoms with Crippen LogP contribution in [0.25, 0.3) is 0 Å². The van der Waals surface area contributed by atoms with E-state index in [0.717, 1.165) is 8.61 Å². The molecule has 1 amide bonds. The third-order valence-electron chi connectivity index (χ3n) is 3.27. The van der Waals surface area contributed by atoms with Crippen LogP contribution in [0.4, 0.5) is 11.4 Å². The van der Waals surface area contributed by atoms with Gasteiger partial charge in [0.05, 0.1) is 16.4 Å². The van der Waals surface area contributed by atoms with E-state index in [0.29, 0.717) is 21.4 Å². The highest BCUT2D eigenvalue weighted by Crippen LogP contribution is 2.26. The van der Waals surface area contributed by atoms with Crippen LogP contribution in [0.2, 0.25) is 10.0 Å². The van der Waals surface area contributed by atoms with Gasteiger partial charge in [-0.2, -0.15) is 12.7 Å². The molecule has 0 fully saturated rings. The molecule has 0 aliphatic heterocycles. The van der Waals surface area contributed by atoms with Gasteiger partial charge in [-0.25, -0.2) is 4.31 Å². The number of rotatable bonds is 6. The first kappa shape index (κ1) is 19.5. The molecule has 0 aliphatic carbocycles. The fourth-order valence-corrected chi connectivity index (χ4v) is 3.41. The molecule has 9 heteroatoms. The van der Waals surface area contributed by atoms with Gasteiger partial charge in [0.25, 0.3) is 0 Å². The van der Waals surface area contributed by atoms with Crippen LogP contribution in [0.3, 0.4) is 0 Å². The fraction of sp³-hybridized carbons (Fsp3) is 0.188. The summed E-state index contributed by atoms with van der Waals surface area (Å²) < 4.78 is 27.2. The Hall–Kier alpha value is -1.80. The highest BCUT2D eigenvalue weighted by Gasteiger charge is 2.27. The van der Waals surface area contributed by atoms with E-state index in [1.165, 1.54) is 20.2 Å². The quantitative estimate of drug-likeness (QED) is 0.807. The largest absolute Gasteiger partial charge is 0.323 e. The summed E-state index contributed by atoms with van der Waals surface area (Å²) in [6.45, 7) is -0.409. The summed E-state index contributed by atoms with van der Waals surface area (Å²) in [5, 5.41) is 3.29. The van der Waals surface area contributed by atoms with Crippen LogP contribution in [-0.2, 0) is 15.0 Å². The van der Waals surface area contributed by atoms with Crippen LogP contribution >= 0.6 is 23.2 Å². The Balaban J connectivity index is 2.28. The molecule has 134 valence electrons. The topological polar surface area (TPSA) is 69.7 Å². The molecule has 2 aromatic carbocycles. The van der Waals surface area contributed by atoms with Gasteiger partial charge >= 0.3 is 10.2 Å². The van der Waals surface area contributed by atoms with E-state index >= 15 is 0 Å². The molecule has 6 nitrogen and oxygen atoms in total. The van der Waals surface area contributed by atoms with Crippen LogP contribution in [0.1, 0.15) is 0 Å². The van der Waals surface area contributed by atoms with E-state index in [1.54, 1.807) is 42.5 Å². The van der Waals surface area contributed by atoms with Crippen molar-refractivity contribution in [1.82, 2.24) is 4.31 Å². The molecule has 2 aromatic rings. The van der Waals surface area contributed by atoms with Crippen molar-refractivity contribution >= 4 is 50.7 Å². The molecule has 1 N–H and O–H groups in total. The first-order valence-corrected chi connectivity index (χ1v) is 9.37. The Morgan fingerprint density at radius 2 is 1.72 bits per heavy atom. The monoisotopic (exact) mass is 401 g/mol. The predicted octanol–water partition coefficient (Wildman–Crippen LogP) is 3.24. The van der Waals surface area contributed by atoms with Gasteiger partial charge in [-0.15, -0.1) is 0 Å². The lowest BCUT2D eigenvalue weighted by atomic mass is 10.3. The zero-order chi connectivity index (χ0) is 18.6. The van der Waals surface area contributed by atoms with Crippen molar-refractivity contribution in [3.05, 3.63) is 58.6 Å². The van der Waals surface area contributed by atoms with Crippen LogP contribution in [-0.4, -0.2) is 39.3 Å². The molecule has 0 aromatic heterocycles. The van der Waals surface area contributed by atoms with E-state index in [1.807, 2.05) is 0 Å². The van der Waals surface area contributed by atoms with Crippen LogP contribution in [0.5, 0.6) is 0 Å². The average molecular weight is 402 g/mol. The van der Waals surface area contributed by atoms with Crippen LogP contribution in [0, 0.1) is 0 Å². The Labute approximate surface area is 157 Å². The maximum absolute atomic E-state index is 12.6. The van der Waals surface area contributed by atoms with E-state index in [9.17, 15) is 13.2 Å². The molecular formula is C16H17Cl2N3O3S. The molecular weight excluding hydrogens is 385 g/mol. The molecule has 0 saturated carbocycles. The number of carbonyl (C=O) groups is 1. The second-order valence-electron chi connectivity index (χ2n) is 5.30. The molecule has 0 atom stereocenters. The SMILES string of the molecule is CN(C)S(=O)(=O)N(CC(=O)Nc1cc(Cl)ccc1Cl)c1ccccc1. The third kappa shape index (κ3) is 4.85. The number of amides is 1. The van der Waals surface area contributed by atoms with Gasteiger partial charge in [-0.05, 0) is 30.3 Å². The summed E-state index contributed by atoms with van der Waals surface area (Å²) in [6, 6.07) is 13.0. The summed E-state index contributed by atoms with van der Waals surface area (Å²) in [7, 11) is -1.05. The second-order valence-corrected chi connectivity index (χ2v) is 8.22. The number of halogens is 2. The number of carbonyl (C=O) groups excluding carboxylic acids is 1. The zero-order valence-corrected chi connectivity index (χ0v) is 15.9. The van der Waals surface area contributed by atoms with Gasteiger partial charge in [0, 0.05) is 19.1 Å². The summed E-state index contributed by atoms with van der Waals surface area (Å²) in [5.74, 6) is -0.543. The van der Waals surface area contributed by atoms with Crippen LogP contribution < -0.4 is 9.62 Å². The fourth-order valence-electron chi connectivity index (χ4n) is 2.01. The number of benzene rings is 2. The lowest BCUT2D eigenvalue weighted by molar-refractivity contribution is -0.114. The minimum atomic E-state index is -3.85. The van der Waals surface area contributed by atoms with Crippen molar-refractivity contribution < 1.29 is 13.2 Å². The van der Waals surface area contributed by atoms with E-state index < -0.39 is 22.7 Å². The molecule has 0 unspecified atom stereocenters. The number of hydrogen-bond donors (Lipinski definition) is 1. The summed E-state index contributed by atoms with van der Waals surface area (Å²) >= 11 is 11.9.